The van der Waals surface area contributed by atoms with Gasteiger partial charge in [-0.25, -0.2) is 8.42 Å². The van der Waals surface area contributed by atoms with E-state index in [0.29, 0.717) is 17.1 Å². The number of sulfonamides is 1. The van der Waals surface area contributed by atoms with Crippen LogP contribution in [0.4, 0.5) is 11.4 Å². The molecule has 31 heavy (non-hydrogen) atoms. The van der Waals surface area contributed by atoms with Gasteiger partial charge in [0.15, 0.2) is 6.61 Å². The molecule has 0 spiro atoms. The number of hydrogen-bond donors (Lipinski definition) is 2. The molecule has 0 saturated carbocycles. The van der Waals surface area contributed by atoms with Crippen LogP contribution in [-0.4, -0.2) is 20.9 Å². The third-order valence-electron chi connectivity index (χ3n) is 4.56. The van der Waals surface area contributed by atoms with E-state index in [1.54, 1.807) is 30.3 Å². The number of nitrogens with one attached hydrogen (secondary N) is 2. The standard InChI is InChI=1S/C24H26N2O4S/c1-24(2,3)18-9-13-21(14-10-18)30-17-23(27)25-19-11-15-22(16-12-19)31(28,29)26-20-7-5-4-6-8-20/h4-16,26H,17H2,1-3H3,(H,25,27). The van der Waals surface area contributed by atoms with E-state index in [4.69, 9.17) is 4.74 Å². The van der Waals surface area contributed by atoms with E-state index in [1.165, 1.54) is 29.8 Å². The molecular formula is C24H26N2O4S. The largest absolute Gasteiger partial charge is 0.484 e. The van der Waals surface area contributed by atoms with E-state index in [-0.39, 0.29) is 22.8 Å². The zero-order valence-electron chi connectivity index (χ0n) is 17.8. The molecule has 3 aromatic carbocycles. The van der Waals surface area contributed by atoms with Crippen LogP contribution in [0.1, 0.15) is 26.3 Å². The van der Waals surface area contributed by atoms with Crippen LogP contribution in [0.2, 0.25) is 0 Å². The van der Waals surface area contributed by atoms with Crippen LogP contribution in [0.5, 0.6) is 5.75 Å². The minimum Gasteiger partial charge on any atom is -0.484 e. The lowest BCUT2D eigenvalue weighted by molar-refractivity contribution is -0.118. The first-order chi connectivity index (χ1) is 14.6. The van der Waals surface area contributed by atoms with Gasteiger partial charge < -0.3 is 10.1 Å². The fourth-order valence-corrected chi connectivity index (χ4v) is 3.89. The second kappa shape index (κ2) is 9.22. The fraction of sp³-hybridized carbons (Fsp3) is 0.208. The predicted molar refractivity (Wildman–Crippen MR) is 123 cm³/mol. The number of benzene rings is 3. The van der Waals surface area contributed by atoms with Gasteiger partial charge in [0.05, 0.1) is 4.90 Å². The number of amides is 1. The predicted octanol–water partition coefficient (Wildman–Crippen LogP) is 4.80. The highest BCUT2D eigenvalue weighted by molar-refractivity contribution is 7.92. The number of ether oxygens (including phenoxy) is 1. The third-order valence-corrected chi connectivity index (χ3v) is 5.96. The van der Waals surface area contributed by atoms with Crippen molar-refractivity contribution in [2.75, 3.05) is 16.6 Å². The Morgan fingerprint density at radius 1 is 0.839 bits per heavy atom. The third kappa shape index (κ3) is 6.33. The van der Waals surface area contributed by atoms with Gasteiger partial charge in [-0.2, -0.15) is 0 Å². The minimum atomic E-state index is -3.71. The van der Waals surface area contributed by atoms with Gasteiger partial charge in [-0.1, -0.05) is 51.1 Å². The summed E-state index contributed by atoms with van der Waals surface area (Å²) >= 11 is 0. The molecule has 3 aromatic rings. The molecule has 0 saturated heterocycles. The van der Waals surface area contributed by atoms with Gasteiger partial charge in [0.2, 0.25) is 0 Å². The normalized spacial score (nSPS) is 11.6. The second-order valence-corrected chi connectivity index (χ2v) is 9.79. The monoisotopic (exact) mass is 438 g/mol. The first kappa shape index (κ1) is 22.4. The van der Waals surface area contributed by atoms with Crippen LogP contribution in [0.25, 0.3) is 0 Å². The van der Waals surface area contributed by atoms with Gasteiger partial charge in [-0.15, -0.1) is 0 Å². The lowest BCUT2D eigenvalue weighted by Gasteiger charge is -2.19. The van der Waals surface area contributed by atoms with Crippen molar-refractivity contribution in [1.29, 1.82) is 0 Å². The van der Waals surface area contributed by atoms with Crippen molar-refractivity contribution in [2.45, 2.75) is 31.1 Å². The van der Waals surface area contributed by atoms with Crippen LogP contribution in [-0.2, 0) is 20.2 Å². The molecule has 0 fully saturated rings. The van der Waals surface area contributed by atoms with E-state index >= 15 is 0 Å². The summed E-state index contributed by atoms with van der Waals surface area (Å²) in [6, 6.07) is 22.2. The molecule has 1 amide bonds. The Kier molecular flexibility index (Phi) is 6.65. The number of anilines is 2. The highest BCUT2D eigenvalue weighted by atomic mass is 32.2. The van der Waals surface area contributed by atoms with Gasteiger partial charge in [0.1, 0.15) is 5.75 Å². The Bertz CT molecular complexity index is 1120. The van der Waals surface area contributed by atoms with Crippen molar-refractivity contribution in [3.05, 3.63) is 84.4 Å². The maximum Gasteiger partial charge on any atom is 0.262 e. The summed E-state index contributed by atoms with van der Waals surface area (Å²) in [6.45, 7) is 6.24. The average Bonchev–Trinajstić information content (AvgIpc) is 2.73. The van der Waals surface area contributed by atoms with E-state index in [2.05, 4.69) is 30.8 Å². The Balaban J connectivity index is 1.55. The molecule has 3 rings (SSSR count). The number of hydrogen-bond acceptors (Lipinski definition) is 4. The van der Waals surface area contributed by atoms with Crippen LogP contribution in [0, 0.1) is 0 Å². The zero-order valence-corrected chi connectivity index (χ0v) is 18.6. The van der Waals surface area contributed by atoms with Crippen molar-refractivity contribution in [3.63, 3.8) is 0 Å². The van der Waals surface area contributed by atoms with Crippen molar-refractivity contribution in [2.24, 2.45) is 0 Å². The number of carbonyl (C=O) groups is 1. The molecule has 0 aliphatic carbocycles. The first-order valence-corrected chi connectivity index (χ1v) is 11.3. The minimum absolute atomic E-state index is 0.0478. The molecule has 162 valence electrons. The molecule has 0 aliphatic rings. The first-order valence-electron chi connectivity index (χ1n) is 9.85. The molecule has 0 aromatic heterocycles. The Labute approximate surface area is 183 Å². The summed E-state index contributed by atoms with van der Waals surface area (Å²) < 4.78 is 33.0. The second-order valence-electron chi connectivity index (χ2n) is 8.11. The number of rotatable bonds is 7. The zero-order chi connectivity index (χ0) is 22.5. The maximum atomic E-state index is 12.5. The highest BCUT2D eigenvalue weighted by Crippen LogP contribution is 2.24. The maximum absolute atomic E-state index is 12.5. The van der Waals surface area contributed by atoms with Gasteiger partial charge in [0, 0.05) is 11.4 Å². The smallest absolute Gasteiger partial charge is 0.262 e. The SMILES string of the molecule is CC(C)(C)c1ccc(OCC(=O)Nc2ccc(S(=O)(=O)Nc3ccccc3)cc2)cc1. The van der Waals surface area contributed by atoms with Crippen molar-refractivity contribution in [3.8, 4) is 5.75 Å². The Morgan fingerprint density at radius 2 is 1.45 bits per heavy atom. The summed E-state index contributed by atoms with van der Waals surface area (Å²) in [5.74, 6) is 0.273. The molecule has 0 bridgehead atoms. The van der Waals surface area contributed by atoms with Gasteiger partial charge >= 0.3 is 0 Å². The van der Waals surface area contributed by atoms with Gasteiger partial charge in [-0.05, 0) is 59.5 Å². The van der Waals surface area contributed by atoms with Crippen LogP contribution in [0.15, 0.2) is 83.8 Å². The average molecular weight is 439 g/mol. The molecule has 0 unspecified atom stereocenters. The molecule has 0 heterocycles. The van der Waals surface area contributed by atoms with Crippen molar-refractivity contribution in [1.82, 2.24) is 0 Å². The molecule has 7 heteroatoms. The quantitative estimate of drug-likeness (QED) is 0.555. The number of para-hydroxylation sites is 1. The summed E-state index contributed by atoms with van der Waals surface area (Å²) in [7, 11) is -3.71. The summed E-state index contributed by atoms with van der Waals surface area (Å²) in [5, 5.41) is 2.70. The van der Waals surface area contributed by atoms with Crippen LogP contribution in [0.3, 0.4) is 0 Å². The molecular weight excluding hydrogens is 412 g/mol. The van der Waals surface area contributed by atoms with E-state index in [1.807, 2.05) is 24.3 Å². The Hall–Kier alpha value is -3.32. The summed E-state index contributed by atoms with van der Waals surface area (Å²) in [6.07, 6.45) is 0. The highest BCUT2D eigenvalue weighted by Gasteiger charge is 2.15. The van der Waals surface area contributed by atoms with E-state index < -0.39 is 10.0 Å². The summed E-state index contributed by atoms with van der Waals surface area (Å²) in [4.78, 5) is 12.3. The molecule has 2 N–H and O–H groups in total. The molecule has 0 radical (unpaired) electrons. The van der Waals surface area contributed by atoms with E-state index in [9.17, 15) is 13.2 Å². The lowest BCUT2D eigenvalue weighted by Crippen LogP contribution is -2.20. The Morgan fingerprint density at radius 3 is 2.03 bits per heavy atom. The molecule has 6 nitrogen and oxygen atoms in total. The van der Waals surface area contributed by atoms with Crippen LogP contribution < -0.4 is 14.8 Å². The van der Waals surface area contributed by atoms with Crippen molar-refractivity contribution < 1.29 is 17.9 Å². The molecule has 0 atom stereocenters. The van der Waals surface area contributed by atoms with E-state index in [0.717, 1.165) is 0 Å². The summed E-state index contributed by atoms with van der Waals surface area (Å²) in [5.41, 5.74) is 2.19. The fourth-order valence-electron chi connectivity index (χ4n) is 2.83. The van der Waals surface area contributed by atoms with Gasteiger partial charge in [-0.3, -0.25) is 9.52 Å². The number of carbonyl (C=O) groups excluding carboxylic acids is 1. The van der Waals surface area contributed by atoms with Crippen molar-refractivity contribution >= 4 is 27.3 Å². The lowest BCUT2D eigenvalue weighted by atomic mass is 9.87. The van der Waals surface area contributed by atoms with Crippen LogP contribution >= 0.6 is 0 Å². The van der Waals surface area contributed by atoms with Gasteiger partial charge in [0.25, 0.3) is 15.9 Å². The molecule has 0 aliphatic heterocycles. The topological polar surface area (TPSA) is 84.5 Å².